The number of halogens is 1. The lowest BCUT2D eigenvalue weighted by atomic mass is 10.2. The molecule has 2 rings (SSSR count). The van der Waals surface area contributed by atoms with Gasteiger partial charge in [-0.2, -0.15) is 0 Å². The van der Waals surface area contributed by atoms with Crippen molar-refractivity contribution in [3.63, 3.8) is 0 Å². The van der Waals surface area contributed by atoms with Crippen LogP contribution >= 0.6 is 15.9 Å². The molecule has 0 bridgehead atoms. The predicted molar refractivity (Wildman–Crippen MR) is 72.5 cm³/mol. The summed E-state index contributed by atoms with van der Waals surface area (Å²) in [5.41, 5.74) is 0.998. The summed E-state index contributed by atoms with van der Waals surface area (Å²) in [6, 6.07) is 5.10. The Balaban J connectivity index is 2.09. The first-order valence-corrected chi connectivity index (χ1v) is 8.20. The van der Waals surface area contributed by atoms with E-state index < -0.39 is 10.0 Å². The third kappa shape index (κ3) is 3.32. The number of hydrogen-bond donors (Lipinski definition) is 1. The van der Waals surface area contributed by atoms with E-state index in [9.17, 15) is 8.42 Å². The van der Waals surface area contributed by atoms with Crippen molar-refractivity contribution in [1.82, 2.24) is 4.89 Å². The topological polar surface area (TPSA) is 55.4 Å². The lowest BCUT2D eigenvalue weighted by molar-refractivity contribution is 0.0223. The van der Waals surface area contributed by atoms with Crippen LogP contribution in [0.3, 0.4) is 0 Å². The van der Waals surface area contributed by atoms with Crippen molar-refractivity contribution in [1.29, 1.82) is 0 Å². The van der Waals surface area contributed by atoms with Crippen LogP contribution in [-0.2, 0) is 14.9 Å². The summed E-state index contributed by atoms with van der Waals surface area (Å²) in [6.45, 7) is 1.91. The number of aryl methyl sites for hydroxylation is 1. The molecule has 1 aliphatic carbocycles. The van der Waals surface area contributed by atoms with Crippen LogP contribution in [0.4, 0.5) is 0 Å². The molecule has 4 nitrogen and oxygen atoms in total. The fourth-order valence-electron chi connectivity index (χ4n) is 2.01. The second kappa shape index (κ2) is 5.69. The third-order valence-corrected chi connectivity index (χ3v) is 5.17. The summed E-state index contributed by atoms with van der Waals surface area (Å²) >= 11 is 3.26. The van der Waals surface area contributed by atoms with Crippen molar-refractivity contribution < 1.29 is 13.3 Å². The minimum atomic E-state index is -3.61. The number of sulfonamides is 1. The Bertz CT molecular complexity index is 524. The summed E-state index contributed by atoms with van der Waals surface area (Å²) in [5.74, 6) is 0. The van der Waals surface area contributed by atoms with Crippen LogP contribution in [-0.4, -0.2) is 14.5 Å². The molecule has 0 radical (unpaired) electrons. The summed E-state index contributed by atoms with van der Waals surface area (Å²) in [5, 5.41) is 0. The smallest absolute Gasteiger partial charge is 0.263 e. The van der Waals surface area contributed by atoms with Crippen LogP contribution in [0.25, 0.3) is 0 Å². The Morgan fingerprint density at radius 2 is 2.00 bits per heavy atom. The van der Waals surface area contributed by atoms with Gasteiger partial charge in [0.2, 0.25) is 0 Å². The number of benzene rings is 1. The molecule has 1 N–H and O–H groups in total. The van der Waals surface area contributed by atoms with Gasteiger partial charge in [0.1, 0.15) is 0 Å². The van der Waals surface area contributed by atoms with Gasteiger partial charge >= 0.3 is 0 Å². The summed E-state index contributed by atoms with van der Waals surface area (Å²) in [6.07, 6.45) is 4.03. The van der Waals surface area contributed by atoms with E-state index in [2.05, 4.69) is 20.8 Å². The van der Waals surface area contributed by atoms with E-state index in [0.717, 1.165) is 31.2 Å². The first-order valence-electron chi connectivity index (χ1n) is 5.92. The maximum Gasteiger partial charge on any atom is 0.263 e. The molecule has 100 valence electrons. The van der Waals surface area contributed by atoms with Gasteiger partial charge in [0, 0.05) is 4.47 Å². The Labute approximate surface area is 116 Å². The van der Waals surface area contributed by atoms with Gasteiger partial charge in [-0.1, -0.05) is 23.8 Å². The minimum absolute atomic E-state index is 0.00370. The van der Waals surface area contributed by atoms with Gasteiger partial charge in [-0.15, -0.1) is 0 Å². The average Bonchev–Trinajstić information content (AvgIpc) is 2.78. The van der Waals surface area contributed by atoms with Gasteiger partial charge < -0.3 is 0 Å². The van der Waals surface area contributed by atoms with Crippen LogP contribution in [0, 0.1) is 6.92 Å². The van der Waals surface area contributed by atoms with Crippen LogP contribution < -0.4 is 4.89 Å². The fraction of sp³-hybridized carbons (Fsp3) is 0.500. The van der Waals surface area contributed by atoms with E-state index in [1.54, 1.807) is 18.2 Å². The average molecular weight is 334 g/mol. The molecule has 0 aromatic heterocycles. The molecule has 0 atom stereocenters. The minimum Gasteiger partial charge on any atom is -0.284 e. The highest BCUT2D eigenvalue weighted by molar-refractivity contribution is 9.10. The molecule has 1 fully saturated rings. The highest BCUT2D eigenvalue weighted by atomic mass is 79.9. The van der Waals surface area contributed by atoms with Gasteiger partial charge in [0.15, 0.2) is 0 Å². The van der Waals surface area contributed by atoms with Gasteiger partial charge in [0.05, 0.1) is 11.0 Å². The quantitative estimate of drug-likeness (QED) is 0.862. The highest BCUT2D eigenvalue weighted by Crippen LogP contribution is 2.24. The first kappa shape index (κ1) is 14.0. The van der Waals surface area contributed by atoms with E-state index in [4.69, 9.17) is 4.84 Å². The molecule has 0 saturated heterocycles. The lowest BCUT2D eigenvalue weighted by Gasteiger charge is -2.13. The summed E-state index contributed by atoms with van der Waals surface area (Å²) in [7, 11) is -3.61. The SMILES string of the molecule is Cc1ccc(S(=O)(=O)NOC2CCCC2)c(Br)c1. The Kier molecular flexibility index (Phi) is 4.42. The number of hydrogen-bond acceptors (Lipinski definition) is 3. The van der Waals surface area contributed by atoms with Gasteiger partial charge in [0.25, 0.3) is 10.0 Å². The number of rotatable bonds is 4. The molecule has 18 heavy (non-hydrogen) atoms. The van der Waals surface area contributed by atoms with Crippen LogP contribution in [0.2, 0.25) is 0 Å². The second-order valence-electron chi connectivity index (χ2n) is 4.54. The van der Waals surface area contributed by atoms with Crippen LogP contribution in [0.1, 0.15) is 31.2 Å². The van der Waals surface area contributed by atoms with Crippen molar-refractivity contribution in [2.45, 2.75) is 43.6 Å². The van der Waals surface area contributed by atoms with Crippen LogP contribution in [0.5, 0.6) is 0 Å². The first-order chi connectivity index (χ1) is 8.49. The van der Waals surface area contributed by atoms with Crippen molar-refractivity contribution in [2.24, 2.45) is 0 Å². The zero-order chi connectivity index (χ0) is 13.2. The van der Waals surface area contributed by atoms with Crippen molar-refractivity contribution in [2.75, 3.05) is 0 Å². The number of nitrogens with one attached hydrogen (secondary N) is 1. The zero-order valence-electron chi connectivity index (χ0n) is 10.1. The molecule has 0 spiro atoms. The second-order valence-corrected chi connectivity index (χ2v) is 7.01. The predicted octanol–water partition coefficient (Wildman–Crippen LogP) is 2.91. The molecule has 1 aromatic rings. The molecule has 1 aromatic carbocycles. The van der Waals surface area contributed by atoms with E-state index in [1.807, 2.05) is 6.92 Å². The maximum atomic E-state index is 12.1. The molecule has 0 unspecified atom stereocenters. The zero-order valence-corrected chi connectivity index (χ0v) is 12.6. The van der Waals surface area contributed by atoms with E-state index in [-0.39, 0.29) is 11.0 Å². The van der Waals surface area contributed by atoms with E-state index >= 15 is 0 Å². The summed E-state index contributed by atoms with van der Waals surface area (Å²) < 4.78 is 24.7. The van der Waals surface area contributed by atoms with E-state index in [0.29, 0.717) is 4.47 Å². The van der Waals surface area contributed by atoms with Crippen LogP contribution in [0.15, 0.2) is 27.6 Å². The maximum absolute atomic E-state index is 12.1. The third-order valence-electron chi connectivity index (χ3n) is 3.00. The molecule has 0 heterocycles. The summed E-state index contributed by atoms with van der Waals surface area (Å²) in [4.78, 5) is 7.67. The largest absolute Gasteiger partial charge is 0.284 e. The molecule has 0 amide bonds. The van der Waals surface area contributed by atoms with Crippen molar-refractivity contribution in [3.05, 3.63) is 28.2 Å². The van der Waals surface area contributed by atoms with Crippen molar-refractivity contribution >= 4 is 26.0 Å². The Hall–Kier alpha value is -0.430. The fourth-order valence-corrected chi connectivity index (χ4v) is 4.05. The molecular formula is C12H16BrNO3S. The van der Waals surface area contributed by atoms with Crippen molar-refractivity contribution in [3.8, 4) is 0 Å². The lowest BCUT2D eigenvalue weighted by Crippen LogP contribution is -2.28. The molecule has 6 heteroatoms. The molecule has 1 saturated carbocycles. The normalized spacial score (nSPS) is 17.2. The Morgan fingerprint density at radius 3 is 2.61 bits per heavy atom. The van der Waals surface area contributed by atoms with E-state index in [1.165, 1.54) is 0 Å². The standard InChI is InChI=1S/C12H16BrNO3S/c1-9-6-7-12(11(13)8-9)18(15,16)14-17-10-4-2-3-5-10/h6-8,10,14H,2-5H2,1H3. The molecular weight excluding hydrogens is 318 g/mol. The Morgan fingerprint density at radius 1 is 1.33 bits per heavy atom. The van der Waals surface area contributed by atoms with Gasteiger partial charge in [-0.25, -0.2) is 8.42 Å². The molecule has 0 aliphatic heterocycles. The molecule has 1 aliphatic rings. The monoisotopic (exact) mass is 333 g/mol. The van der Waals surface area contributed by atoms with Gasteiger partial charge in [-0.3, -0.25) is 4.84 Å². The highest BCUT2D eigenvalue weighted by Gasteiger charge is 2.22. The van der Waals surface area contributed by atoms with Gasteiger partial charge in [-0.05, 0) is 53.4 Å².